The first kappa shape index (κ1) is 21.5. The number of rotatable bonds is 6. The Morgan fingerprint density at radius 3 is 1.41 bits per heavy atom. The lowest BCUT2D eigenvalue weighted by molar-refractivity contribution is 0.156. The first-order valence-electron chi connectivity index (χ1n) is 13.4. The largest absolute Gasteiger partial charge is 0.0654 e. The van der Waals surface area contributed by atoms with Crippen molar-refractivity contribution in [2.24, 2.45) is 23.7 Å². The number of hydrogen-bond donors (Lipinski definition) is 0. The summed E-state index contributed by atoms with van der Waals surface area (Å²) in [5.41, 5.74) is 3.27. The highest BCUT2D eigenvalue weighted by atomic mass is 14.4. The molecule has 0 heterocycles. The monoisotopic (exact) mass is 394 g/mol. The molecule has 0 nitrogen and oxygen atoms in total. The predicted molar refractivity (Wildman–Crippen MR) is 126 cm³/mol. The van der Waals surface area contributed by atoms with Crippen molar-refractivity contribution in [1.82, 2.24) is 0 Å². The summed E-state index contributed by atoms with van der Waals surface area (Å²) in [6.45, 7) is 4.72. The van der Waals surface area contributed by atoms with E-state index in [9.17, 15) is 0 Å². The van der Waals surface area contributed by atoms with Gasteiger partial charge in [0.1, 0.15) is 0 Å². The fraction of sp³-hybridized carbons (Fsp3) is 0.793. The average molecular weight is 395 g/mol. The van der Waals surface area contributed by atoms with Gasteiger partial charge in [-0.1, -0.05) is 70.2 Å². The molecule has 0 radical (unpaired) electrons. The summed E-state index contributed by atoms with van der Waals surface area (Å²) in [7, 11) is 0. The van der Waals surface area contributed by atoms with Gasteiger partial charge in [0.25, 0.3) is 0 Å². The van der Waals surface area contributed by atoms with Crippen LogP contribution in [0.3, 0.4) is 0 Å². The van der Waals surface area contributed by atoms with Gasteiger partial charge in [0.15, 0.2) is 0 Å². The minimum Gasteiger partial charge on any atom is -0.0654 e. The molecule has 0 heteroatoms. The van der Waals surface area contributed by atoms with Gasteiger partial charge in [-0.2, -0.15) is 0 Å². The van der Waals surface area contributed by atoms with Gasteiger partial charge in [0.2, 0.25) is 0 Å². The Morgan fingerprint density at radius 1 is 0.552 bits per heavy atom. The van der Waals surface area contributed by atoms with Crippen molar-refractivity contribution in [3.05, 3.63) is 35.4 Å². The molecule has 0 atom stereocenters. The normalized spacial score (nSPS) is 36.1. The van der Waals surface area contributed by atoms with Gasteiger partial charge in [-0.05, 0) is 111 Å². The highest BCUT2D eigenvalue weighted by Gasteiger charge is 2.31. The molecule has 0 bridgehead atoms. The molecule has 0 aliphatic heterocycles. The molecule has 0 spiro atoms. The smallest absolute Gasteiger partial charge is 0.0162 e. The fourth-order valence-electron chi connectivity index (χ4n) is 7.22. The molecule has 3 saturated carbocycles. The summed E-state index contributed by atoms with van der Waals surface area (Å²) in [6.07, 6.45) is 22.0. The molecule has 0 aromatic heterocycles. The molecule has 0 N–H and O–H groups in total. The number of benzene rings is 1. The minimum atomic E-state index is 0.838. The quantitative estimate of drug-likeness (QED) is 0.451. The maximum atomic E-state index is 2.50. The van der Waals surface area contributed by atoms with E-state index in [0.29, 0.717) is 0 Å². The molecule has 3 fully saturated rings. The standard InChI is InChI=1S/C29H46/c1-3-5-23-8-12-25(13-9-23)27-16-20-29(21-17-27)28-18-14-26(15-19-28)24-10-6-22(4-2)7-11-24/h14-15,18-19,22-25,27,29H,3-13,16-17,20-21H2,1-2H3/t22?,23-,24?,25-,27-,29-. The van der Waals surface area contributed by atoms with Crippen molar-refractivity contribution in [2.75, 3.05) is 0 Å². The van der Waals surface area contributed by atoms with E-state index in [-0.39, 0.29) is 0 Å². The molecule has 0 unspecified atom stereocenters. The molecular weight excluding hydrogens is 348 g/mol. The van der Waals surface area contributed by atoms with Crippen molar-refractivity contribution in [2.45, 2.75) is 122 Å². The first-order valence-corrected chi connectivity index (χ1v) is 13.4. The second-order valence-corrected chi connectivity index (χ2v) is 11.0. The van der Waals surface area contributed by atoms with Crippen LogP contribution in [0.25, 0.3) is 0 Å². The summed E-state index contributed by atoms with van der Waals surface area (Å²) in [4.78, 5) is 0. The zero-order valence-corrected chi connectivity index (χ0v) is 19.4. The lowest BCUT2D eigenvalue weighted by atomic mass is 9.68. The van der Waals surface area contributed by atoms with E-state index in [4.69, 9.17) is 0 Å². The minimum absolute atomic E-state index is 0.838. The van der Waals surface area contributed by atoms with E-state index in [0.717, 1.165) is 35.5 Å². The highest BCUT2D eigenvalue weighted by molar-refractivity contribution is 5.28. The van der Waals surface area contributed by atoms with Crippen LogP contribution in [0.1, 0.15) is 133 Å². The first-order chi connectivity index (χ1) is 14.3. The number of hydrogen-bond acceptors (Lipinski definition) is 0. The van der Waals surface area contributed by atoms with E-state index in [1.807, 2.05) is 0 Å². The van der Waals surface area contributed by atoms with Gasteiger partial charge in [-0.15, -0.1) is 0 Å². The van der Waals surface area contributed by atoms with Crippen LogP contribution in [-0.4, -0.2) is 0 Å². The van der Waals surface area contributed by atoms with E-state index in [1.165, 1.54) is 96.3 Å². The van der Waals surface area contributed by atoms with Crippen LogP contribution in [0.15, 0.2) is 24.3 Å². The third-order valence-corrected chi connectivity index (χ3v) is 9.33. The molecule has 3 aliphatic carbocycles. The lowest BCUT2D eigenvalue weighted by Gasteiger charge is -2.38. The zero-order valence-electron chi connectivity index (χ0n) is 19.4. The molecule has 162 valence electrons. The van der Waals surface area contributed by atoms with Gasteiger partial charge in [0, 0.05) is 0 Å². The molecule has 3 aliphatic rings. The fourth-order valence-corrected chi connectivity index (χ4v) is 7.22. The second-order valence-electron chi connectivity index (χ2n) is 11.0. The maximum absolute atomic E-state index is 2.50. The zero-order chi connectivity index (χ0) is 20.1. The lowest BCUT2D eigenvalue weighted by Crippen LogP contribution is -2.25. The second kappa shape index (κ2) is 10.5. The molecule has 1 aromatic carbocycles. The molecule has 0 amide bonds. The van der Waals surface area contributed by atoms with Crippen molar-refractivity contribution < 1.29 is 0 Å². The van der Waals surface area contributed by atoms with Crippen LogP contribution in [0.2, 0.25) is 0 Å². The highest BCUT2D eigenvalue weighted by Crippen LogP contribution is 2.45. The van der Waals surface area contributed by atoms with Crippen LogP contribution >= 0.6 is 0 Å². The molecular formula is C29H46. The van der Waals surface area contributed by atoms with Crippen LogP contribution in [0.5, 0.6) is 0 Å². The maximum Gasteiger partial charge on any atom is -0.0162 e. The average Bonchev–Trinajstić information content (AvgIpc) is 2.80. The summed E-state index contributed by atoms with van der Waals surface area (Å²) in [5, 5.41) is 0. The van der Waals surface area contributed by atoms with E-state index < -0.39 is 0 Å². The predicted octanol–water partition coefficient (Wildman–Crippen LogP) is 9.25. The SMILES string of the molecule is CCC[C@H]1CC[C@H]([C@H]2CC[C@H](c3ccc(C4CCC(CC)CC4)cc3)CC2)CC1. The van der Waals surface area contributed by atoms with Gasteiger partial charge >= 0.3 is 0 Å². The summed E-state index contributed by atoms with van der Waals surface area (Å²) in [5.74, 6) is 5.84. The van der Waals surface area contributed by atoms with Gasteiger partial charge < -0.3 is 0 Å². The Bertz CT molecular complexity index is 575. The van der Waals surface area contributed by atoms with E-state index in [2.05, 4.69) is 38.1 Å². The third-order valence-electron chi connectivity index (χ3n) is 9.33. The molecule has 4 rings (SSSR count). The summed E-state index contributed by atoms with van der Waals surface area (Å²) in [6, 6.07) is 9.99. The van der Waals surface area contributed by atoms with Crippen LogP contribution in [0.4, 0.5) is 0 Å². The Balaban J connectivity index is 1.24. The van der Waals surface area contributed by atoms with Crippen LogP contribution in [-0.2, 0) is 0 Å². The summed E-state index contributed by atoms with van der Waals surface area (Å²) < 4.78 is 0. The molecule has 29 heavy (non-hydrogen) atoms. The van der Waals surface area contributed by atoms with Gasteiger partial charge in [-0.3, -0.25) is 0 Å². The van der Waals surface area contributed by atoms with Gasteiger partial charge in [0.05, 0.1) is 0 Å². The molecule has 0 saturated heterocycles. The van der Waals surface area contributed by atoms with Crippen LogP contribution in [0, 0.1) is 23.7 Å². The van der Waals surface area contributed by atoms with Crippen molar-refractivity contribution >= 4 is 0 Å². The van der Waals surface area contributed by atoms with Crippen molar-refractivity contribution in [3.8, 4) is 0 Å². The Morgan fingerprint density at radius 2 is 0.966 bits per heavy atom. The van der Waals surface area contributed by atoms with E-state index >= 15 is 0 Å². The van der Waals surface area contributed by atoms with Crippen molar-refractivity contribution in [1.29, 1.82) is 0 Å². The van der Waals surface area contributed by atoms with E-state index in [1.54, 1.807) is 11.1 Å². The Kier molecular flexibility index (Phi) is 7.77. The molecule has 1 aromatic rings. The van der Waals surface area contributed by atoms with Crippen molar-refractivity contribution in [3.63, 3.8) is 0 Å². The third kappa shape index (κ3) is 5.48. The topological polar surface area (TPSA) is 0 Å². The summed E-state index contributed by atoms with van der Waals surface area (Å²) >= 11 is 0. The Hall–Kier alpha value is -0.780. The van der Waals surface area contributed by atoms with Crippen LogP contribution < -0.4 is 0 Å². The Labute approximate surface area is 181 Å². The van der Waals surface area contributed by atoms with Gasteiger partial charge in [-0.25, -0.2) is 0 Å².